The van der Waals surface area contributed by atoms with Crippen molar-refractivity contribution in [1.29, 1.82) is 0 Å². The van der Waals surface area contributed by atoms with E-state index < -0.39 is 6.04 Å². The van der Waals surface area contributed by atoms with Gasteiger partial charge < -0.3 is 5.32 Å². The van der Waals surface area contributed by atoms with E-state index >= 15 is 0 Å². The monoisotopic (exact) mass is 477 g/mol. The number of halogens is 2. The number of aromatic nitrogens is 1. The third-order valence-corrected chi connectivity index (χ3v) is 6.98. The largest absolute Gasteiger partial charge is 0.357 e. The zero-order valence-corrected chi connectivity index (χ0v) is 19.4. The number of ketones is 1. The molecule has 2 atom stereocenters. The smallest absolute Gasteiger partial charge is 0.224 e. The molecule has 2 aromatic carbocycles. The molecule has 5 nitrogen and oxygen atoms in total. The lowest BCUT2D eigenvalue weighted by Gasteiger charge is -2.34. The average Bonchev–Trinajstić information content (AvgIpc) is 2.96. The first kappa shape index (κ1) is 21.7. The number of anilines is 2. The Labute approximate surface area is 202 Å². The van der Waals surface area contributed by atoms with Gasteiger partial charge in [0, 0.05) is 37.0 Å². The number of amides is 1. The van der Waals surface area contributed by atoms with Gasteiger partial charge in [-0.05, 0) is 53.8 Å². The second-order valence-corrected chi connectivity index (χ2v) is 9.13. The quantitative estimate of drug-likeness (QED) is 0.469. The first-order chi connectivity index (χ1) is 15.9. The molecular weight excluding hydrogens is 457 g/mol. The summed E-state index contributed by atoms with van der Waals surface area (Å²) in [7, 11) is 0. The Balaban J connectivity index is 1.68. The summed E-state index contributed by atoms with van der Waals surface area (Å²) in [4.78, 5) is 32.6. The summed E-state index contributed by atoms with van der Waals surface area (Å²) in [6, 6.07) is 16.3. The molecule has 0 fully saturated rings. The van der Waals surface area contributed by atoms with Crippen molar-refractivity contribution in [1.82, 2.24) is 4.98 Å². The minimum atomic E-state index is -0.565. The van der Waals surface area contributed by atoms with Crippen molar-refractivity contribution in [2.45, 2.75) is 31.7 Å². The molecule has 1 N–H and O–H groups in total. The zero-order valence-electron chi connectivity index (χ0n) is 17.9. The zero-order chi connectivity index (χ0) is 23.1. The summed E-state index contributed by atoms with van der Waals surface area (Å²) in [5.74, 6) is -0.205. The summed E-state index contributed by atoms with van der Waals surface area (Å²) in [5, 5.41) is 4.44. The lowest BCUT2D eigenvalue weighted by atomic mass is 9.78. The number of allylic oxidation sites excluding steroid dienone is 1. The maximum atomic E-state index is 13.7. The second kappa shape index (κ2) is 8.65. The van der Waals surface area contributed by atoms with Crippen LogP contribution in [-0.2, 0) is 9.59 Å². The first-order valence-corrected chi connectivity index (χ1v) is 11.5. The molecule has 0 bridgehead atoms. The van der Waals surface area contributed by atoms with E-state index in [1.807, 2.05) is 48.5 Å². The second-order valence-electron chi connectivity index (χ2n) is 8.31. The van der Waals surface area contributed by atoms with Gasteiger partial charge in [-0.25, -0.2) is 0 Å². The first-order valence-electron chi connectivity index (χ1n) is 10.7. The van der Waals surface area contributed by atoms with E-state index in [2.05, 4.69) is 10.3 Å². The Kier molecular flexibility index (Phi) is 5.69. The normalized spacial score (nSPS) is 20.0. The van der Waals surface area contributed by atoms with Crippen molar-refractivity contribution in [3.05, 3.63) is 99.4 Å². The number of carbonyl (C=O) groups excluding carboxylic acids is 2. The van der Waals surface area contributed by atoms with Crippen molar-refractivity contribution >= 4 is 46.3 Å². The van der Waals surface area contributed by atoms with Gasteiger partial charge in [0.1, 0.15) is 0 Å². The number of Topliss-reactive ketones (excluding diaryl/α,β-unsaturated/α-hetero) is 1. The van der Waals surface area contributed by atoms with Gasteiger partial charge in [0.25, 0.3) is 0 Å². The maximum absolute atomic E-state index is 13.7. The van der Waals surface area contributed by atoms with E-state index in [0.717, 1.165) is 28.2 Å². The van der Waals surface area contributed by atoms with Crippen LogP contribution in [0.15, 0.2) is 78.3 Å². The van der Waals surface area contributed by atoms with Gasteiger partial charge >= 0.3 is 0 Å². The number of pyridine rings is 1. The fourth-order valence-electron chi connectivity index (χ4n) is 4.79. The van der Waals surface area contributed by atoms with Gasteiger partial charge in [0.15, 0.2) is 5.78 Å². The van der Waals surface area contributed by atoms with Crippen LogP contribution in [0, 0.1) is 0 Å². The molecule has 7 heteroatoms. The molecule has 3 aromatic rings. The van der Waals surface area contributed by atoms with E-state index in [4.69, 9.17) is 23.2 Å². The van der Waals surface area contributed by atoms with Crippen LogP contribution < -0.4 is 10.2 Å². The molecule has 0 unspecified atom stereocenters. The molecule has 1 aromatic heterocycles. The van der Waals surface area contributed by atoms with Crippen LogP contribution in [0.1, 0.15) is 42.9 Å². The number of fused-ring (bicyclic) bond motifs is 1. The topological polar surface area (TPSA) is 62.3 Å². The molecule has 0 saturated carbocycles. The molecule has 166 valence electrons. The average molecular weight is 478 g/mol. The highest BCUT2D eigenvalue weighted by Gasteiger charge is 2.40. The van der Waals surface area contributed by atoms with Crippen LogP contribution in [-0.4, -0.2) is 16.7 Å². The Bertz CT molecular complexity index is 1290. The fourth-order valence-corrected chi connectivity index (χ4v) is 5.10. The van der Waals surface area contributed by atoms with Gasteiger partial charge in [-0.2, -0.15) is 0 Å². The molecule has 0 saturated heterocycles. The summed E-state index contributed by atoms with van der Waals surface area (Å²) >= 11 is 12.4. The molecule has 33 heavy (non-hydrogen) atoms. The molecule has 2 aliphatic rings. The van der Waals surface area contributed by atoms with Crippen molar-refractivity contribution in [2.24, 2.45) is 0 Å². The Morgan fingerprint density at radius 1 is 1.03 bits per heavy atom. The van der Waals surface area contributed by atoms with Crippen LogP contribution in [0.3, 0.4) is 0 Å². The summed E-state index contributed by atoms with van der Waals surface area (Å²) in [6.45, 7) is 1.53. The number of benzene rings is 2. The Hall–Kier alpha value is -3.15. The van der Waals surface area contributed by atoms with Crippen molar-refractivity contribution in [3.8, 4) is 0 Å². The SMILES string of the molecule is CC(=O)N1c2ccccc2NC2=C(C(=O)C[C@H](c3ccc(Cl)c(Cl)c3)C2)[C@@H]1c1cccnc1. The minimum absolute atomic E-state index is 0.00673. The van der Waals surface area contributed by atoms with E-state index in [9.17, 15) is 9.59 Å². The van der Waals surface area contributed by atoms with Crippen molar-refractivity contribution in [3.63, 3.8) is 0 Å². The lowest BCUT2D eigenvalue weighted by Crippen LogP contribution is -2.37. The number of hydrogen-bond donors (Lipinski definition) is 1. The number of nitrogens with zero attached hydrogens (tertiary/aromatic N) is 2. The molecule has 1 amide bonds. The molecule has 1 aliphatic carbocycles. The molecule has 1 aliphatic heterocycles. The van der Waals surface area contributed by atoms with Gasteiger partial charge in [-0.3, -0.25) is 19.5 Å². The van der Waals surface area contributed by atoms with E-state index in [1.165, 1.54) is 6.92 Å². The molecule has 2 heterocycles. The highest BCUT2D eigenvalue weighted by atomic mass is 35.5. The molecule has 5 rings (SSSR count). The molecule has 0 radical (unpaired) electrons. The number of carbonyl (C=O) groups is 2. The Morgan fingerprint density at radius 2 is 1.85 bits per heavy atom. The van der Waals surface area contributed by atoms with Crippen LogP contribution in [0.2, 0.25) is 10.0 Å². The predicted molar refractivity (Wildman–Crippen MR) is 131 cm³/mol. The number of nitrogens with one attached hydrogen (secondary N) is 1. The fraction of sp³-hybridized carbons (Fsp3) is 0.192. The third kappa shape index (κ3) is 3.92. The highest BCUT2D eigenvalue weighted by molar-refractivity contribution is 6.42. The summed E-state index contributed by atoms with van der Waals surface area (Å²) in [5.41, 5.74) is 4.68. The van der Waals surface area contributed by atoms with Crippen LogP contribution >= 0.6 is 23.2 Å². The van der Waals surface area contributed by atoms with E-state index in [1.54, 1.807) is 23.4 Å². The maximum Gasteiger partial charge on any atom is 0.224 e. The third-order valence-electron chi connectivity index (χ3n) is 6.24. The minimum Gasteiger partial charge on any atom is -0.357 e. The number of para-hydroxylation sites is 2. The van der Waals surface area contributed by atoms with Gasteiger partial charge in [0.05, 0.1) is 27.5 Å². The van der Waals surface area contributed by atoms with E-state index in [0.29, 0.717) is 28.5 Å². The van der Waals surface area contributed by atoms with Crippen LogP contribution in [0.4, 0.5) is 11.4 Å². The van der Waals surface area contributed by atoms with Gasteiger partial charge in [-0.1, -0.05) is 47.5 Å². The number of hydrogen-bond acceptors (Lipinski definition) is 4. The summed E-state index contributed by atoms with van der Waals surface area (Å²) < 4.78 is 0. The number of rotatable bonds is 2. The van der Waals surface area contributed by atoms with Crippen LogP contribution in [0.5, 0.6) is 0 Å². The molecular formula is C26H21Cl2N3O2. The van der Waals surface area contributed by atoms with Crippen molar-refractivity contribution < 1.29 is 9.59 Å². The highest BCUT2D eigenvalue weighted by Crippen LogP contribution is 2.47. The predicted octanol–water partition coefficient (Wildman–Crippen LogP) is 6.31. The standard InChI is InChI=1S/C26H21Cl2N3O2/c1-15(32)31-23-7-3-2-6-21(23)30-22-12-18(16-8-9-19(27)20(28)11-16)13-24(33)25(22)26(31)17-5-4-10-29-14-17/h2-11,14,18,26,30H,12-13H2,1H3/t18-,26+/m1/s1. The van der Waals surface area contributed by atoms with Gasteiger partial charge in [0.2, 0.25) is 5.91 Å². The van der Waals surface area contributed by atoms with Crippen molar-refractivity contribution in [2.75, 3.05) is 10.2 Å². The lowest BCUT2D eigenvalue weighted by molar-refractivity contribution is -0.117. The Morgan fingerprint density at radius 3 is 2.58 bits per heavy atom. The van der Waals surface area contributed by atoms with Gasteiger partial charge in [-0.15, -0.1) is 0 Å². The summed E-state index contributed by atoms with van der Waals surface area (Å²) in [6.07, 6.45) is 4.33. The molecule has 0 spiro atoms. The van der Waals surface area contributed by atoms with E-state index in [-0.39, 0.29) is 17.6 Å². The van der Waals surface area contributed by atoms with Crippen LogP contribution in [0.25, 0.3) is 0 Å².